The number of aliphatic hydroxyl groups is 1. The maximum Gasteiger partial charge on any atom is 0.288 e. The van der Waals surface area contributed by atoms with Gasteiger partial charge >= 0.3 is 0 Å². The maximum absolute atomic E-state index is 13.9. The van der Waals surface area contributed by atoms with Crippen LogP contribution >= 0.6 is 11.6 Å². The lowest BCUT2D eigenvalue weighted by atomic mass is 10.0. The second-order valence-electron chi connectivity index (χ2n) is 5.52. The number of halogens is 2. The molecule has 0 saturated carbocycles. The van der Waals surface area contributed by atoms with Crippen LogP contribution in [0.25, 0.3) is 0 Å². The third-order valence-electron chi connectivity index (χ3n) is 3.40. The van der Waals surface area contributed by atoms with Crippen LogP contribution in [0.2, 0.25) is 5.02 Å². The highest BCUT2D eigenvalue weighted by molar-refractivity contribution is 6.33. The van der Waals surface area contributed by atoms with E-state index in [-0.39, 0.29) is 29.4 Å². The molecule has 1 aromatic rings. The van der Waals surface area contributed by atoms with Gasteiger partial charge in [0.05, 0.1) is 17.1 Å². The second kappa shape index (κ2) is 5.23. The van der Waals surface area contributed by atoms with Crippen LogP contribution in [0.15, 0.2) is 12.1 Å². The Balaban J connectivity index is 2.26. The second-order valence-corrected chi connectivity index (χ2v) is 5.93. The van der Waals surface area contributed by atoms with Gasteiger partial charge in [0.25, 0.3) is 11.6 Å². The summed E-state index contributed by atoms with van der Waals surface area (Å²) in [5, 5.41) is 20.3. The highest BCUT2D eigenvalue weighted by atomic mass is 35.5. The van der Waals surface area contributed by atoms with E-state index >= 15 is 0 Å². The lowest BCUT2D eigenvalue weighted by molar-refractivity contribution is -0.384. The largest absolute Gasteiger partial charge is 0.387 e. The number of nitro groups is 1. The van der Waals surface area contributed by atoms with Crippen molar-refractivity contribution in [2.75, 3.05) is 6.54 Å². The van der Waals surface area contributed by atoms with E-state index in [0.717, 1.165) is 0 Å². The van der Waals surface area contributed by atoms with Crippen molar-refractivity contribution in [3.63, 3.8) is 0 Å². The molecule has 1 aliphatic heterocycles. The third kappa shape index (κ3) is 2.98. The molecule has 0 fully saturated rings. The van der Waals surface area contributed by atoms with Gasteiger partial charge in [-0.15, -0.1) is 0 Å². The van der Waals surface area contributed by atoms with E-state index in [9.17, 15) is 24.4 Å². The number of amides is 1. The first kappa shape index (κ1) is 15.7. The van der Waals surface area contributed by atoms with Crippen LogP contribution in [0.4, 0.5) is 10.1 Å². The van der Waals surface area contributed by atoms with Crippen molar-refractivity contribution >= 4 is 23.2 Å². The molecule has 0 aromatic heterocycles. The normalized spacial score (nSPS) is 16.0. The number of rotatable bonds is 4. The zero-order valence-corrected chi connectivity index (χ0v) is 12.2. The molecule has 0 spiro atoms. The molecule has 1 amide bonds. The lowest BCUT2D eigenvalue weighted by Gasteiger charge is -2.26. The molecule has 1 heterocycles. The molecule has 1 aliphatic rings. The van der Waals surface area contributed by atoms with E-state index in [1.807, 2.05) is 0 Å². The summed E-state index contributed by atoms with van der Waals surface area (Å²) in [7, 11) is 0. The molecule has 114 valence electrons. The van der Waals surface area contributed by atoms with E-state index in [1.165, 1.54) is 30.9 Å². The van der Waals surface area contributed by atoms with Crippen molar-refractivity contribution in [1.82, 2.24) is 4.90 Å². The molecule has 8 heteroatoms. The number of carbonyl (C=O) groups is 1. The van der Waals surface area contributed by atoms with Gasteiger partial charge in [-0.3, -0.25) is 14.9 Å². The number of hydrogen-bond donors (Lipinski definition) is 1. The fourth-order valence-electron chi connectivity index (χ4n) is 2.09. The van der Waals surface area contributed by atoms with Crippen molar-refractivity contribution in [3.8, 4) is 0 Å². The standard InChI is InChI=1S/C13H14ClFN2O4/c1-13(2,19)11(15)6-16-5-7-3-10(17(20)21)9(14)4-8(7)12(16)18/h3-4,11,19H,5-6H2,1-2H3/t11-/m1/s1. The van der Waals surface area contributed by atoms with Gasteiger partial charge in [0.15, 0.2) is 0 Å². The molecule has 0 unspecified atom stereocenters. The highest BCUT2D eigenvalue weighted by Gasteiger charge is 2.35. The monoisotopic (exact) mass is 316 g/mol. The predicted molar refractivity (Wildman–Crippen MR) is 74.0 cm³/mol. The Kier molecular flexibility index (Phi) is 3.90. The number of fused-ring (bicyclic) bond motifs is 1. The Bertz CT molecular complexity index is 615. The molecular weight excluding hydrogens is 303 g/mol. The van der Waals surface area contributed by atoms with Crippen LogP contribution in [0.5, 0.6) is 0 Å². The van der Waals surface area contributed by atoms with Gasteiger partial charge in [0.1, 0.15) is 11.2 Å². The highest BCUT2D eigenvalue weighted by Crippen LogP contribution is 2.33. The van der Waals surface area contributed by atoms with Crippen LogP contribution in [0.3, 0.4) is 0 Å². The van der Waals surface area contributed by atoms with Crippen LogP contribution < -0.4 is 0 Å². The molecule has 0 radical (unpaired) electrons. The Hall–Kier alpha value is -1.73. The summed E-state index contributed by atoms with van der Waals surface area (Å²) in [5.74, 6) is -0.450. The van der Waals surface area contributed by atoms with E-state index in [0.29, 0.717) is 5.56 Å². The minimum absolute atomic E-state index is 0.0582. The van der Waals surface area contributed by atoms with Crippen molar-refractivity contribution in [2.45, 2.75) is 32.2 Å². The molecule has 0 aliphatic carbocycles. The zero-order valence-electron chi connectivity index (χ0n) is 11.5. The van der Waals surface area contributed by atoms with Gasteiger partial charge in [0, 0.05) is 18.2 Å². The van der Waals surface area contributed by atoms with E-state index in [2.05, 4.69) is 0 Å². The van der Waals surface area contributed by atoms with E-state index in [4.69, 9.17) is 11.6 Å². The van der Waals surface area contributed by atoms with Crippen LogP contribution in [0.1, 0.15) is 29.8 Å². The molecule has 2 rings (SSSR count). The van der Waals surface area contributed by atoms with Gasteiger partial charge in [-0.1, -0.05) is 11.6 Å². The summed E-state index contributed by atoms with van der Waals surface area (Å²) >= 11 is 5.77. The van der Waals surface area contributed by atoms with Crippen LogP contribution in [-0.2, 0) is 6.54 Å². The first-order chi connectivity index (χ1) is 9.61. The van der Waals surface area contributed by atoms with E-state index < -0.39 is 22.6 Å². The molecule has 0 bridgehead atoms. The summed E-state index contributed by atoms with van der Waals surface area (Å²) < 4.78 is 13.9. The smallest absolute Gasteiger partial charge is 0.288 e. The van der Waals surface area contributed by atoms with Crippen molar-refractivity contribution in [2.24, 2.45) is 0 Å². The Morgan fingerprint density at radius 1 is 1.57 bits per heavy atom. The van der Waals surface area contributed by atoms with Crippen molar-refractivity contribution in [1.29, 1.82) is 0 Å². The summed E-state index contributed by atoms with van der Waals surface area (Å²) in [6, 6.07) is 2.46. The minimum atomic E-state index is -1.62. The number of carbonyl (C=O) groups excluding carboxylic acids is 1. The van der Waals surface area contributed by atoms with Gasteiger partial charge in [0.2, 0.25) is 0 Å². The first-order valence-electron chi connectivity index (χ1n) is 6.23. The van der Waals surface area contributed by atoms with Crippen LogP contribution in [-0.4, -0.2) is 39.2 Å². The van der Waals surface area contributed by atoms with Gasteiger partial charge in [-0.05, 0) is 25.5 Å². The fraction of sp³-hybridized carbons (Fsp3) is 0.462. The number of hydrogen-bond acceptors (Lipinski definition) is 4. The summed E-state index contributed by atoms with van der Waals surface area (Å²) in [5.41, 5.74) is -1.20. The van der Waals surface area contributed by atoms with Gasteiger partial charge < -0.3 is 10.0 Å². The van der Waals surface area contributed by atoms with Gasteiger partial charge in [-0.2, -0.15) is 0 Å². The number of benzene rings is 1. The number of nitro benzene ring substituents is 1. The molecular formula is C13H14ClFN2O4. The average Bonchev–Trinajstić information content (AvgIpc) is 2.64. The molecule has 21 heavy (non-hydrogen) atoms. The molecule has 6 nitrogen and oxygen atoms in total. The molecule has 1 N–H and O–H groups in total. The average molecular weight is 317 g/mol. The fourth-order valence-corrected chi connectivity index (χ4v) is 2.32. The maximum atomic E-state index is 13.9. The van der Waals surface area contributed by atoms with Crippen molar-refractivity contribution < 1.29 is 19.2 Å². The summed E-state index contributed by atoms with van der Waals surface area (Å²) in [6.07, 6.45) is -1.62. The van der Waals surface area contributed by atoms with Crippen molar-refractivity contribution in [3.05, 3.63) is 38.4 Å². The topological polar surface area (TPSA) is 83.7 Å². The Morgan fingerprint density at radius 3 is 2.71 bits per heavy atom. The van der Waals surface area contributed by atoms with Gasteiger partial charge in [-0.25, -0.2) is 4.39 Å². The Labute approximate surface area is 125 Å². The summed E-state index contributed by atoms with van der Waals surface area (Å²) in [6.45, 7) is 2.39. The third-order valence-corrected chi connectivity index (χ3v) is 3.70. The predicted octanol–water partition coefficient (Wildman–Crippen LogP) is 2.31. The zero-order chi connectivity index (χ0) is 15.9. The lowest BCUT2D eigenvalue weighted by Crippen LogP contribution is -2.42. The molecule has 1 aromatic carbocycles. The first-order valence-corrected chi connectivity index (χ1v) is 6.61. The molecule has 0 saturated heterocycles. The minimum Gasteiger partial charge on any atom is -0.387 e. The number of alkyl halides is 1. The molecule has 1 atom stereocenters. The number of nitrogens with zero attached hydrogens (tertiary/aromatic N) is 2. The van der Waals surface area contributed by atoms with Crippen LogP contribution in [0, 0.1) is 10.1 Å². The summed E-state index contributed by atoms with van der Waals surface area (Å²) in [4.78, 5) is 23.5. The SMILES string of the molecule is CC(C)(O)[C@H](F)CN1Cc2cc([N+](=O)[O-])c(Cl)cc2C1=O. The Morgan fingerprint density at radius 2 is 2.19 bits per heavy atom. The van der Waals surface area contributed by atoms with E-state index in [1.54, 1.807) is 0 Å². The quantitative estimate of drug-likeness (QED) is 0.682.